The van der Waals surface area contributed by atoms with Crippen molar-refractivity contribution in [2.45, 2.75) is 25.8 Å². The van der Waals surface area contributed by atoms with Crippen LogP contribution in [0.3, 0.4) is 0 Å². The number of aromatic hydroxyl groups is 1. The summed E-state index contributed by atoms with van der Waals surface area (Å²) in [4.78, 5) is 2.39. The molecule has 2 aliphatic heterocycles. The molecule has 2 fully saturated rings. The molecule has 0 spiro atoms. The number of nitrogens with one attached hydrogen (secondary N) is 1. The van der Waals surface area contributed by atoms with E-state index in [-0.39, 0.29) is 11.8 Å². The molecule has 2 saturated heterocycles. The van der Waals surface area contributed by atoms with Crippen LogP contribution < -0.4 is 5.32 Å². The van der Waals surface area contributed by atoms with E-state index in [9.17, 15) is 9.50 Å². The summed E-state index contributed by atoms with van der Waals surface area (Å²) < 4.78 is 19.5. The van der Waals surface area contributed by atoms with Gasteiger partial charge in [0, 0.05) is 51.0 Å². The maximum absolute atomic E-state index is 14.0. The molecule has 2 aliphatic rings. The first kappa shape index (κ1) is 15.7. The van der Waals surface area contributed by atoms with E-state index in [1.54, 1.807) is 0 Å². The predicted octanol–water partition coefficient (Wildman–Crippen LogP) is 2.21. The van der Waals surface area contributed by atoms with Crippen molar-refractivity contribution in [3.8, 4) is 5.75 Å². The Balaban J connectivity index is 1.96. The van der Waals surface area contributed by atoms with E-state index in [0.717, 1.165) is 63.4 Å². The number of aryl methyl sites for hydroxylation is 1. The van der Waals surface area contributed by atoms with Gasteiger partial charge in [-0.3, -0.25) is 4.90 Å². The summed E-state index contributed by atoms with van der Waals surface area (Å²) in [5.41, 5.74) is 1.60. The molecule has 0 aliphatic carbocycles. The molecule has 2 heterocycles. The summed E-state index contributed by atoms with van der Waals surface area (Å²) >= 11 is 0. The maximum atomic E-state index is 14.0. The Labute approximate surface area is 131 Å². The molecule has 0 aromatic heterocycles. The molecule has 1 atom stereocenters. The smallest absolute Gasteiger partial charge is 0.165 e. The zero-order chi connectivity index (χ0) is 15.5. The highest BCUT2D eigenvalue weighted by molar-refractivity contribution is 5.40. The fraction of sp³-hybridized carbons (Fsp3) is 0.647. The summed E-state index contributed by atoms with van der Waals surface area (Å²) in [5.74, 6) is -0.290. The van der Waals surface area contributed by atoms with Crippen LogP contribution in [0.1, 0.15) is 30.0 Å². The summed E-state index contributed by atoms with van der Waals surface area (Å²) in [7, 11) is 0. The van der Waals surface area contributed by atoms with Crippen molar-refractivity contribution in [3.05, 3.63) is 29.1 Å². The van der Waals surface area contributed by atoms with Crippen LogP contribution in [0.5, 0.6) is 5.75 Å². The van der Waals surface area contributed by atoms with Crippen molar-refractivity contribution in [1.82, 2.24) is 10.2 Å². The Kier molecular flexibility index (Phi) is 4.96. The van der Waals surface area contributed by atoms with E-state index in [1.165, 1.54) is 6.07 Å². The molecular weight excluding hydrogens is 283 g/mol. The van der Waals surface area contributed by atoms with Crippen LogP contribution in [0.2, 0.25) is 0 Å². The van der Waals surface area contributed by atoms with E-state index >= 15 is 0 Å². The number of halogens is 1. The van der Waals surface area contributed by atoms with Gasteiger partial charge in [0.05, 0.1) is 0 Å². The third-order valence-corrected chi connectivity index (χ3v) is 4.81. The minimum atomic E-state index is -0.512. The first-order valence-electron chi connectivity index (χ1n) is 8.18. The number of phenolic OH excluding ortho intramolecular Hbond substituents is 1. The third-order valence-electron chi connectivity index (χ3n) is 4.81. The topological polar surface area (TPSA) is 44.7 Å². The fourth-order valence-electron chi connectivity index (χ4n) is 3.73. The van der Waals surface area contributed by atoms with Gasteiger partial charge < -0.3 is 15.2 Å². The fourth-order valence-corrected chi connectivity index (χ4v) is 3.73. The van der Waals surface area contributed by atoms with Crippen LogP contribution in [0.4, 0.5) is 4.39 Å². The lowest BCUT2D eigenvalue weighted by Gasteiger charge is -2.41. The second-order valence-corrected chi connectivity index (χ2v) is 6.37. The van der Waals surface area contributed by atoms with Crippen LogP contribution in [-0.4, -0.2) is 49.4 Å². The third kappa shape index (κ3) is 3.26. The van der Waals surface area contributed by atoms with Crippen LogP contribution in [-0.2, 0) is 4.74 Å². The highest BCUT2D eigenvalue weighted by Gasteiger charge is 2.33. The summed E-state index contributed by atoms with van der Waals surface area (Å²) in [5, 5.41) is 13.7. The minimum Gasteiger partial charge on any atom is -0.505 e. The van der Waals surface area contributed by atoms with E-state index < -0.39 is 5.82 Å². The normalized spacial score (nSPS) is 22.6. The average Bonchev–Trinajstić information content (AvgIpc) is 2.54. The summed E-state index contributed by atoms with van der Waals surface area (Å²) in [6.45, 7) is 7.12. The summed E-state index contributed by atoms with van der Waals surface area (Å²) in [6.07, 6.45) is 1.92. The molecule has 0 amide bonds. The number of piperazine rings is 1. The van der Waals surface area contributed by atoms with Crippen molar-refractivity contribution in [1.29, 1.82) is 0 Å². The molecule has 4 nitrogen and oxygen atoms in total. The van der Waals surface area contributed by atoms with Gasteiger partial charge in [-0.05, 0) is 37.3 Å². The Morgan fingerprint density at radius 3 is 2.64 bits per heavy atom. The SMILES string of the molecule is Cc1cc(F)c(O)c([C@H](C2CCOCC2)N2CCNCC2)c1. The van der Waals surface area contributed by atoms with E-state index in [4.69, 9.17) is 4.74 Å². The molecule has 22 heavy (non-hydrogen) atoms. The molecule has 0 radical (unpaired) electrons. The van der Waals surface area contributed by atoms with Crippen LogP contribution in [0, 0.1) is 18.7 Å². The number of rotatable bonds is 3. The van der Waals surface area contributed by atoms with Crippen LogP contribution in [0.15, 0.2) is 12.1 Å². The number of ether oxygens (including phenoxy) is 1. The van der Waals surface area contributed by atoms with Gasteiger partial charge in [0.2, 0.25) is 0 Å². The number of hydrogen-bond acceptors (Lipinski definition) is 4. The van der Waals surface area contributed by atoms with Gasteiger partial charge in [0.1, 0.15) is 0 Å². The van der Waals surface area contributed by atoms with Gasteiger partial charge in [-0.15, -0.1) is 0 Å². The molecule has 0 bridgehead atoms. The molecule has 122 valence electrons. The van der Waals surface area contributed by atoms with Gasteiger partial charge in [0.15, 0.2) is 11.6 Å². The zero-order valence-corrected chi connectivity index (χ0v) is 13.1. The quantitative estimate of drug-likeness (QED) is 0.899. The van der Waals surface area contributed by atoms with E-state index in [2.05, 4.69) is 10.2 Å². The molecule has 3 rings (SSSR count). The standard InChI is InChI=1S/C17H25FN2O2/c1-12-10-14(17(21)15(18)11-12)16(13-2-8-22-9-3-13)20-6-4-19-5-7-20/h10-11,13,16,19,21H,2-9H2,1H3/t16-/m0/s1. The monoisotopic (exact) mass is 308 g/mol. The largest absolute Gasteiger partial charge is 0.505 e. The van der Waals surface area contributed by atoms with E-state index in [1.807, 2.05) is 13.0 Å². The highest BCUT2D eigenvalue weighted by atomic mass is 19.1. The van der Waals surface area contributed by atoms with Gasteiger partial charge >= 0.3 is 0 Å². The molecule has 0 unspecified atom stereocenters. The molecule has 1 aromatic carbocycles. The first-order valence-corrected chi connectivity index (χ1v) is 8.18. The van der Waals surface area contributed by atoms with Gasteiger partial charge in [-0.2, -0.15) is 0 Å². The maximum Gasteiger partial charge on any atom is 0.165 e. The number of benzene rings is 1. The second-order valence-electron chi connectivity index (χ2n) is 6.37. The first-order chi connectivity index (χ1) is 10.7. The van der Waals surface area contributed by atoms with Crippen molar-refractivity contribution in [2.75, 3.05) is 39.4 Å². The Bertz CT molecular complexity index is 494. The van der Waals surface area contributed by atoms with Crippen molar-refractivity contribution < 1.29 is 14.2 Å². The van der Waals surface area contributed by atoms with Gasteiger partial charge in [0.25, 0.3) is 0 Å². The molecular formula is C17H25FN2O2. The van der Waals surface area contributed by atoms with Gasteiger partial charge in [-0.1, -0.05) is 6.07 Å². The predicted molar refractivity (Wildman–Crippen MR) is 83.5 cm³/mol. The lowest BCUT2D eigenvalue weighted by molar-refractivity contribution is 0.0205. The molecule has 2 N–H and O–H groups in total. The Morgan fingerprint density at radius 2 is 1.95 bits per heavy atom. The Hall–Kier alpha value is -1.17. The minimum absolute atomic E-state index is 0.0698. The van der Waals surface area contributed by atoms with Crippen LogP contribution in [0.25, 0.3) is 0 Å². The number of hydrogen-bond donors (Lipinski definition) is 2. The highest BCUT2D eigenvalue weighted by Crippen LogP contribution is 2.40. The van der Waals surface area contributed by atoms with Crippen LogP contribution >= 0.6 is 0 Å². The molecule has 1 aromatic rings. The zero-order valence-electron chi connectivity index (χ0n) is 13.1. The van der Waals surface area contributed by atoms with Gasteiger partial charge in [-0.25, -0.2) is 4.39 Å². The molecule has 5 heteroatoms. The average molecular weight is 308 g/mol. The molecule has 0 saturated carbocycles. The lowest BCUT2D eigenvalue weighted by atomic mass is 9.84. The van der Waals surface area contributed by atoms with E-state index in [0.29, 0.717) is 5.92 Å². The number of nitrogens with zero attached hydrogens (tertiary/aromatic N) is 1. The summed E-state index contributed by atoms with van der Waals surface area (Å²) in [6, 6.07) is 3.42. The number of phenols is 1. The van der Waals surface area contributed by atoms with Crippen molar-refractivity contribution in [3.63, 3.8) is 0 Å². The van der Waals surface area contributed by atoms with Crippen molar-refractivity contribution in [2.24, 2.45) is 5.92 Å². The lowest BCUT2D eigenvalue weighted by Crippen LogP contribution is -2.47. The Morgan fingerprint density at radius 1 is 1.27 bits per heavy atom. The second kappa shape index (κ2) is 6.94. The van der Waals surface area contributed by atoms with Crippen molar-refractivity contribution >= 4 is 0 Å².